The van der Waals surface area contributed by atoms with Gasteiger partial charge in [0.1, 0.15) is 0 Å². The summed E-state index contributed by atoms with van der Waals surface area (Å²) in [5.74, 6) is 0. The van der Waals surface area contributed by atoms with Crippen molar-refractivity contribution < 1.29 is 0 Å². The van der Waals surface area contributed by atoms with Crippen LogP contribution in [0.2, 0.25) is 0 Å². The van der Waals surface area contributed by atoms with Gasteiger partial charge in [0.15, 0.2) is 0 Å². The van der Waals surface area contributed by atoms with Gasteiger partial charge in [0.25, 0.3) is 0 Å². The molecule has 12 heavy (non-hydrogen) atoms. The zero-order valence-electron chi connectivity index (χ0n) is 7.12. The highest BCUT2D eigenvalue weighted by atomic mass is 15.3. The van der Waals surface area contributed by atoms with Gasteiger partial charge >= 0.3 is 0 Å². The third-order valence-electron chi connectivity index (χ3n) is 1.85. The third kappa shape index (κ3) is 1.20. The van der Waals surface area contributed by atoms with Gasteiger partial charge < -0.3 is 0 Å². The molecule has 0 aliphatic heterocycles. The molecular formula is C10H11N2. The molecule has 0 saturated heterocycles. The number of aromatic nitrogens is 2. The summed E-state index contributed by atoms with van der Waals surface area (Å²) in [5, 5.41) is 5.57. The summed E-state index contributed by atoms with van der Waals surface area (Å²) in [6.45, 7) is 3.15. The molecule has 0 N–H and O–H groups in total. The summed E-state index contributed by atoms with van der Waals surface area (Å²) < 4.78 is 1.98. The van der Waals surface area contributed by atoms with Crippen LogP contribution in [0.25, 0.3) is 10.9 Å². The molecule has 0 amide bonds. The molecule has 1 heterocycles. The first-order chi connectivity index (χ1) is 5.90. The van der Waals surface area contributed by atoms with Crippen LogP contribution >= 0.6 is 0 Å². The number of nitrogens with zero attached hydrogens (tertiary/aromatic N) is 2. The third-order valence-corrected chi connectivity index (χ3v) is 1.85. The van der Waals surface area contributed by atoms with E-state index in [0.29, 0.717) is 0 Å². The molecule has 2 aromatic rings. The van der Waals surface area contributed by atoms with Crippen molar-refractivity contribution in [3.05, 3.63) is 30.5 Å². The van der Waals surface area contributed by atoms with Crippen molar-refractivity contribution in [1.82, 2.24) is 9.78 Å². The molecule has 61 valence electrons. The summed E-state index contributed by atoms with van der Waals surface area (Å²) in [7, 11) is 0. The minimum atomic E-state index is 0.995. The van der Waals surface area contributed by atoms with E-state index in [1.807, 2.05) is 22.9 Å². The molecule has 0 fully saturated rings. The van der Waals surface area contributed by atoms with Gasteiger partial charge in [-0.05, 0) is 24.6 Å². The monoisotopic (exact) mass is 159 g/mol. The van der Waals surface area contributed by atoms with Gasteiger partial charge in [-0.25, -0.2) is 0 Å². The fourth-order valence-corrected chi connectivity index (χ4v) is 1.30. The van der Waals surface area contributed by atoms with Crippen molar-refractivity contribution in [2.75, 3.05) is 0 Å². The maximum absolute atomic E-state index is 4.40. The Morgan fingerprint density at radius 1 is 1.58 bits per heavy atom. The SMILES string of the molecule is CCCn1cc2c[c]ccc2n1. The fraction of sp³-hybridized carbons (Fsp3) is 0.300. The predicted octanol–water partition coefficient (Wildman–Crippen LogP) is 2.25. The average Bonchev–Trinajstić information content (AvgIpc) is 2.47. The summed E-state index contributed by atoms with van der Waals surface area (Å²) in [6, 6.07) is 8.89. The fourth-order valence-electron chi connectivity index (χ4n) is 1.30. The van der Waals surface area contributed by atoms with Crippen LogP contribution in [0, 0.1) is 6.07 Å². The highest BCUT2D eigenvalue weighted by Gasteiger charge is 1.96. The summed E-state index contributed by atoms with van der Waals surface area (Å²) in [5.41, 5.74) is 1.06. The second-order valence-electron chi connectivity index (χ2n) is 2.88. The van der Waals surface area contributed by atoms with Crippen LogP contribution < -0.4 is 0 Å². The molecule has 2 rings (SSSR count). The van der Waals surface area contributed by atoms with Crippen molar-refractivity contribution in [2.24, 2.45) is 0 Å². The van der Waals surface area contributed by atoms with Crippen molar-refractivity contribution in [2.45, 2.75) is 19.9 Å². The second kappa shape index (κ2) is 2.97. The lowest BCUT2D eigenvalue weighted by Gasteiger charge is -1.93. The largest absolute Gasteiger partial charge is 0.272 e. The van der Waals surface area contributed by atoms with Crippen LogP contribution in [0.4, 0.5) is 0 Å². The molecule has 0 unspecified atom stereocenters. The van der Waals surface area contributed by atoms with E-state index in [4.69, 9.17) is 0 Å². The van der Waals surface area contributed by atoms with Crippen molar-refractivity contribution >= 4 is 10.9 Å². The zero-order valence-corrected chi connectivity index (χ0v) is 7.12. The van der Waals surface area contributed by atoms with E-state index in [2.05, 4.69) is 24.3 Å². The lowest BCUT2D eigenvalue weighted by atomic mass is 10.3. The smallest absolute Gasteiger partial charge is 0.0923 e. The summed E-state index contributed by atoms with van der Waals surface area (Å²) in [4.78, 5) is 0. The Morgan fingerprint density at radius 2 is 2.50 bits per heavy atom. The average molecular weight is 159 g/mol. The molecule has 0 atom stereocenters. The number of fused-ring (bicyclic) bond motifs is 1. The topological polar surface area (TPSA) is 17.8 Å². The van der Waals surface area contributed by atoms with Crippen LogP contribution in [0.15, 0.2) is 24.4 Å². The van der Waals surface area contributed by atoms with Crippen LogP contribution in [0.5, 0.6) is 0 Å². The van der Waals surface area contributed by atoms with E-state index < -0.39 is 0 Å². The van der Waals surface area contributed by atoms with Gasteiger partial charge in [-0.3, -0.25) is 4.68 Å². The highest BCUT2D eigenvalue weighted by Crippen LogP contribution is 2.10. The predicted molar refractivity (Wildman–Crippen MR) is 48.9 cm³/mol. The van der Waals surface area contributed by atoms with Gasteiger partial charge in [-0.2, -0.15) is 5.10 Å². The van der Waals surface area contributed by atoms with Gasteiger partial charge in [0.05, 0.1) is 5.52 Å². The molecule has 1 radical (unpaired) electrons. The quantitative estimate of drug-likeness (QED) is 0.657. The molecular weight excluding hydrogens is 148 g/mol. The van der Waals surface area contributed by atoms with Gasteiger partial charge in [0, 0.05) is 18.1 Å². The Balaban J connectivity index is 2.47. The van der Waals surface area contributed by atoms with Crippen molar-refractivity contribution in [3.63, 3.8) is 0 Å². The minimum Gasteiger partial charge on any atom is -0.272 e. The summed E-state index contributed by atoms with van der Waals surface area (Å²) >= 11 is 0. The number of aryl methyl sites for hydroxylation is 1. The Morgan fingerprint density at radius 3 is 3.25 bits per heavy atom. The molecule has 1 aromatic carbocycles. The molecule has 0 aliphatic rings. The van der Waals surface area contributed by atoms with Gasteiger partial charge in [-0.15, -0.1) is 0 Å². The lowest BCUT2D eigenvalue weighted by molar-refractivity contribution is 0.609. The van der Waals surface area contributed by atoms with E-state index >= 15 is 0 Å². The van der Waals surface area contributed by atoms with Crippen LogP contribution in [0.3, 0.4) is 0 Å². The Kier molecular flexibility index (Phi) is 1.82. The first-order valence-electron chi connectivity index (χ1n) is 4.23. The zero-order chi connectivity index (χ0) is 8.39. The number of benzene rings is 1. The molecule has 1 aromatic heterocycles. The Bertz CT molecular complexity index is 343. The normalized spacial score (nSPS) is 10.8. The Labute approximate surface area is 71.8 Å². The first kappa shape index (κ1) is 7.35. The number of hydrogen-bond acceptors (Lipinski definition) is 1. The molecule has 0 aliphatic carbocycles. The lowest BCUT2D eigenvalue weighted by Crippen LogP contribution is -1.95. The highest BCUT2D eigenvalue weighted by molar-refractivity contribution is 5.77. The van der Waals surface area contributed by atoms with Crippen molar-refractivity contribution in [1.29, 1.82) is 0 Å². The molecule has 0 spiro atoms. The van der Waals surface area contributed by atoms with Crippen LogP contribution in [-0.2, 0) is 6.54 Å². The van der Waals surface area contributed by atoms with E-state index in [0.717, 1.165) is 18.5 Å². The van der Waals surface area contributed by atoms with Gasteiger partial charge in [-0.1, -0.05) is 13.0 Å². The van der Waals surface area contributed by atoms with Crippen LogP contribution in [0.1, 0.15) is 13.3 Å². The van der Waals surface area contributed by atoms with E-state index in [1.165, 1.54) is 5.39 Å². The van der Waals surface area contributed by atoms with Crippen LogP contribution in [-0.4, -0.2) is 9.78 Å². The minimum absolute atomic E-state index is 0.995. The Hall–Kier alpha value is -1.31. The first-order valence-corrected chi connectivity index (χ1v) is 4.23. The second-order valence-corrected chi connectivity index (χ2v) is 2.88. The van der Waals surface area contributed by atoms with E-state index in [1.54, 1.807) is 0 Å². The maximum atomic E-state index is 4.40. The summed E-state index contributed by atoms with van der Waals surface area (Å²) in [6.07, 6.45) is 3.19. The van der Waals surface area contributed by atoms with E-state index in [9.17, 15) is 0 Å². The van der Waals surface area contributed by atoms with Crippen molar-refractivity contribution in [3.8, 4) is 0 Å². The molecule has 2 nitrogen and oxygen atoms in total. The van der Waals surface area contributed by atoms with E-state index in [-0.39, 0.29) is 0 Å². The van der Waals surface area contributed by atoms with Gasteiger partial charge in [0.2, 0.25) is 0 Å². The number of hydrogen-bond donors (Lipinski definition) is 0. The standard InChI is InChI=1S/C10H11N2/c1-2-7-12-8-9-5-3-4-6-10(9)11-12/h4-6,8H,2,7H2,1H3. The maximum Gasteiger partial charge on any atom is 0.0923 e. The molecule has 0 saturated carbocycles. The molecule has 2 heteroatoms. The molecule has 0 bridgehead atoms. The number of rotatable bonds is 2.